The number of rotatable bonds is 4. The average molecular weight is 342 g/mol. The minimum atomic E-state index is -3.70. The van der Waals surface area contributed by atoms with E-state index in [1.165, 1.54) is 11.3 Å². The molecule has 0 aliphatic carbocycles. The van der Waals surface area contributed by atoms with E-state index in [4.69, 9.17) is 16.0 Å². The fourth-order valence-corrected chi connectivity index (χ4v) is 3.44. The molecule has 3 rings (SSSR count). The van der Waals surface area contributed by atoms with Crippen molar-refractivity contribution in [2.45, 2.75) is 11.0 Å². The molecule has 0 bridgehead atoms. The van der Waals surface area contributed by atoms with Crippen LogP contribution in [0.5, 0.6) is 0 Å². The maximum Gasteiger partial charge on any atom is 0.336 e. The molecule has 0 atom stereocenters. The molecule has 0 saturated carbocycles. The molecule has 0 aliphatic rings. The van der Waals surface area contributed by atoms with Gasteiger partial charge in [0.05, 0.1) is 11.2 Å². The highest BCUT2D eigenvalue weighted by Gasteiger charge is 2.24. The first-order valence-corrected chi connectivity index (χ1v) is 8.71. The van der Waals surface area contributed by atoms with Gasteiger partial charge in [0.1, 0.15) is 5.75 Å². The van der Waals surface area contributed by atoms with Crippen molar-refractivity contribution in [3.63, 3.8) is 0 Å². The molecule has 2 heterocycles. The number of aromatic nitrogens is 3. The van der Waals surface area contributed by atoms with Crippen LogP contribution in [-0.2, 0) is 15.6 Å². The maximum absolute atomic E-state index is 12.1. The quantitative estimate of drug-likeness (QED) is 0.725. The van der Waals surface area contributed by atoms with Crippen LogP contribution >= 0.6 is 22.9 Å². The smallest absolute Gasteiger partial charge is 0.336 e. The summed E-state index contributed by atoms with van der Waals surface area (Å²) in [7, 11) is -3.70. The van der Waals surface area contributed by atoms with Gasteiger partial charge in [-0.3, -0.25) is 0 Å². The fourth-order valence-electron chi connectivity index (χ4n) is 1.61. The molecular formula is C12H8ClN3O3S2. The number of nitrogens with zero attached hydrogens (tertiary/aromatic N) is 3. The number of benzene rings is 1. The molecule has 2 aromatic heterocycles. The van der Waals surface area contributed by atoms with Gasteiger partial charge in [-0.25, -0.2) is 13.4 Å². The minimum absolute atomic E-state index is 0.128. The molecule has 0 aliphatic heterocycles. The fraction of sp³-hybridized carbons (Fsp3) is 0.0833. The lowest BCUT2D eigenvalue weighted by Gasteiger charge is -1.96. The van der Waals surface area contributed by atoms with Crippen LogP contribution < -0.4 is 0 Å². The van der Waals surface area contributed by atoms with Crippen molar-refractivity contribution in [2.75, 3.05) is 0 Å². The van der Waals surface area contributed by atoms with E-state index in [9.17, 15) is 8.42 Å². The second-order valence-electron chi connectivity index (χ2n) is 4.12. The third kappa shape index (κ3) is 3.12. The summed E-state index contributed by atoms with van der Waals surface area (Å²) in [6, 6.07) is 6.66. The second-order valence-corrected chi connectivity index (χ2v) is 7.14. The lowest BCUT2D eigenvalue weighted by molar-refractivity contribution is 0.439. The molecule has 3 aromatic rings. The summed E-state index contributed by atoms with van der Waals surface area (Å²) in [4.78, 5) is 3.94. The molecule has 9 heteroatoms. The highest BCUT2D eigenvalue weighted by molar-refractivity contribution is 7.90. The summed E-state index contributed by atoms with van der Waals surface area (Å²) in [5.41, 5.74) is 2.62. The first-order valence-electron chi connectivity index (χ1n) is 5.74. The molecule has 0 fully saturated rings. The van der Waals surface area contributed by atoms with E-state index in [1.54, 1.807) is 35.2 Å². The average Bonchev–Trinajstić information content (AvgIpc) is 3.10. The van der Waals surface area contributed by atoms with E-state index in [0.29, 0.717) is 16.3 Å². The zero-order valence-electron chi connectivity index (χ0n) is 10.4. The highest BCUT2D eigenvalue weighted by atomic mass is 35.5. The minimum Gasteiger partial charge on any atom is -0.408 e. The van der Waals surface area contributed by atoms with Gasteiger partial charge in [0.2, 0.25) is 15.7 Å². The number of thiazole rings is 1. The van der Waals surface area contributed by atoms with Crippen molar-refractivity contribution in [3.05, 3.63) is 45.9 Å². The summed E-state index contributed by atoms with van der Waals surface area (Å²) >= 11 is 7.11. The van der Waals surface area contributed by atoms with E-state index >= 15 is 0 Å². The van der Waals surface area contributed by atoms with Gasteiger partial charge < -0.3 is 4.42 Å². The topological polar surface area (TPSA) is 86.0 Å². The lowest BCUT2D eigenvalue weighted by Crippen LogP contribution is -2.05. The highest BCUT2D eigenvalue weighted by Crippen LogP contribution is 2.23. The first-order chi connectivity index (χ1) is 10.0. The summed E-state index contributed by atoms with van der Waals surface area (Å²) < 4.78 is 29.5. The van der Waals surface area contributed by atoms with E-state index < -0.39 is 15.1 Å². The molecule has 0 saturated heterocycles. The third-order valence-electron chi connectivity index (χ3n) is 2.59. The number of hydrogen-bond acceptors (Lipinski definition) is 7. The Kier molecular flexibility index (Phi) is 3.75. The Morgan fingerprint density at radius 1 is 1.19 bits per heavy atom. The van der Waals surface area contributed by atoms with Crippen LogP contribution in [-0.4, -0.2) is 23.6 Å². The number of hydrogen-bond donors (Lipinski definition) is 0. The van der Waals surface area contributed by atoms with Crippen LogP contribution in [0.2, 0.25) is 5.02 Å². The van der Waals surface area contributed by atoms with Gasteiger partial charge in [-0.1, -0.05) is 16.7 Å². The Bertz CT molecular complexity index is 842. The van der Waals surface area contributed by atoms with Crippen molar-refractivity contribution in [1.29, 1.82) is 0 Å². The van der Waals surface area contributed by atoms with Crippen LogP contribution in [0, 0.1) is 0 Å². The van der Waals surface area contributed by atoms with Crippen molar-refractivity contribution in [1.82, 2.24) is 15.2 Å². The summed E-state index contributed by atoms with van der Waals surface area (Å²) in [5.74, 6) is -0.137. The van der Waals surface area contributed by atoms with Crippen LogP contribution in [0.1, 0.15) is 5.69 Å². The van der Waals surface area contributed by atoms with Crippen molar-refractivity contribution in [2.24, 2.45) is 0 Å². The van der Waals surface area contributed by atoms with Gasteiger partial charge in [0.25, 0.3) is 0 Å². The van der Waals surface area contributed by atoms with E-state index in [0.717, 1.165) is 0 Å². The third-order valence-corrected chi connectivity index (χ3v) is 4.85. The SMILES string of the molecule is O=S(=O)(Cc1cscn1)c1nnc(-c2ccc(Cl)cc2)o1. The van der Waals surface area contributed by atoms with Gasteiger partial charge in [-0.15, -0.1) is 16.4 Å². The molecule has 6 nitrogen and oxygen atoms in total. The Balaban J connectivity index is 1.89. The standard InChI is InChI=1S/C12H8ClN3O3S2/c13-9-3-1-8(2-4-9)11-15-16-12(19-11)21(17,18)6-10-5-20-7-14-10/h1-5,7H,6H2. The zero-order valence-corrected chi connectivity index (χ0v) is 12.8. The molecule has 0 amide bonds. The van der Waals surface area contributed by atoms with Gasteiger partial charge in [0, 0.05) is 16.0 Å². The molecule has 0 N–H and O–H groups in total. The Labute approximate surface area is 129 Å². The molecule has 21 heavy (non-hydrogen) atoms. The monoisotopic (exact) mass is 341 g/mol. The van der Waals surface area contributed by atoms with Gasteiger partial charge in [-0.05, 0) is 24.3 Å². The molecular weight excluding hydrogens is 334 g/mol. The van der Waals surface area contributed by atoms with Gasteiger partial charge in [0.15, 0.2) is 0 Å². The molecule has 0 radical (unpaired) electrons. The Morgan fingerprint density at radius 2 is 1.95 bits per heavy atom. The molecule has 0 unspecified atom stereocenters. The molecule has 1 aromatic carbocycles. The van der Waals surface area contributed by atoms with Crippen molar-refractivity contribution in [3.8, 4) is 11.5 Å². The molecule has 0 spiro atoms. The predicted molar refractivity (Wildman–Crippen MR) is 77.7 cm³/mol. The maximum atomic E-state index is 12.1. The largest absolute Gasteiger partial charge is 0.408 e. The number of sulfone groups is 1. The molecule has 108 valence electrons. The van der Waals surface area contributed by atoms with Gasteiger partial charge >= 0.3 is 5.22 Å². The summed E-state index contributed by atoms with van der Waals surface area (Å²) in [6.45, 7) is 0. The van der Waals surface area contributed by atoms with E-state index in [2.05, 4.69) is 15.2 Å². The van der Waals surface area contributed by atoms with Crippen molar-refractivity contribution >= 4 is 32.8 Å². The van der Waals surface area contributed by atoms with E-state index in [1.807, 2.05) is 0 Å². The predicted octanol–water partition coefficient (Wildman–Crippen LogP) is 2.82. The lowest BCUT2D eigenvalue weighted by atomic mass is 10.2. The normalized spacial score (nSPS) is 11.7. The van der Waals surface area contributed by atoms with Crippen LogP contribution in [0.3, 0.4) is 0 Å². The van der Waals surface area contributed by atoms with Crippen LogP contribution in [0.4, 0.5) is 0 Å². The van der Waals surface area contributed by atoms with Crippen molar-refractivity contribution < 1.29 is 12.8 Å². The summed E-state index contributed by atoms with van der Waals surface area (Å²) in [6.07, 6.45) is 0. The first kappa shape index (κ1) is 14.2. The Hall–Kier alpha value is -1.77. The Morgan fingerprint density at radius 3 is 2.62 bits per heavy atom. The van der Waals surface area contributed by atoms with Crippen LogP contribution in [0.15, 0.2) is 44.8 Å². The number of halogens is 1. The summed E-state index contributed by atoms with van der Waals surface area (Å²) in [5, 5.41) is 9.17. The van der Waals surface area contributed by atoms with Crippen LogP contribution in [0.25, 0.3) is 11.5 Å². The van der Waals surface area contributed by atoms with E-state index in [-0.39, 0.29) is 11.6 Å². The van der Waals surface area contributed by atoms with Gasteiger partial charge in [-0.2, -0.15) is 0 Å². The zero-order chi connectivity index (χ0) is 14.9. The second kappa shape index (κ2) is 5.55.